The van der Waals surface area contributed by atoms with Crippen LogP contribution < -0.4 is 4.74 Å². The quantitative estimate of drug-likeness (QED) is 0.427. The third-order valence-corrected chi connectivity index (χ3v) is 3.03. The molecule has 2 rings (SSSR count). The Bertz CT molecular complexity index is 752. The molecule has 0 atom stereocenters. The van der Waals surface area contributed by atoms with Crippen molar-refractivity contribution in [2.45, 2.75) is 6.54 Å². The zero-order valence-corrected chi connectivity index (χ0v) is 12.0. The molecule has 0 radical (unpaired) electrons. The maximum absolute atomic E-state index is 11.7. The van der Waals surface area contributed by atoms with Gasteiger partial charge >= 0.3 is 5.82 Å². The van der Waals surface area contributed by atoms with E-state index in [4.69, 9.17) is 4.74 Å². The monoisotopic (exact) mass is 320 g/mol. The predicted molar refractivity (Wildman–Crippen MR) is 77.2 cm³/mol. The van der Waals surface area contributed by atoms with Crippen molar-refractivity contribution in [1.82, 2.24) is 9.55 Å². The molecule has 0 aliphatic heterocycles. The van der Waals surface area contributed by atoms with Gasteiger partial charge in [-0.15, -0.1) is 0 Å². The Kier molecular flexibility index (Phi) is 4.64. The first-order chi connectivity index (χ1) is 10.9. The summed E-state index contributed by atoms with van der Waals surface area (Å²) < 4.78 is 6.18. The van der Waals surface area contributed by atoms with Crippen LogP contribution in [0.5, 0.6) is 5.75 Å². The smallest absolute Gasteiger partial charge is 0.354 e. The number of nitrogens with zero attached hydrogens (tertiary/aromatic N) is 4. The number of methoxy groups -OCH3 is 1. The van der Waals surface area contributed by atoms with Gasteiger partial charge in [0.15, 0.2) is 6.33 Å². The maximum Gasteiger partial charge on any atom is 0.354 e. The van der Waals surface area contributed by atoms with Gasteiger partial charge in [-0.3, -0.25) is 14.9 Å². The summed E-state index contributed by atoms with van der Waals surface area (Å²) >= 11 is 0. The molecule has 1 aromatic carbocycles. The second-order valence-electron chi connectivity index (χ2n) is 4.56. The van der Waals surface area contributed by atoms with Gasteiger partial charge in [-0.25, -0.2) is 9.55 Å². The number of ketones is 1. The van der Waals surface area contributed by atoms with Gasteiger partial charge in [-0.1, -0.05) is 12.1 Å². The average Bonchev–Trinajstić information content (AvgIpc) is 2.91. The molecular weight excluding hydrogens is 308 g/mol. The molecule has 23 heavy (non-hydrogen) atoms. The number of nitro groups is 2. The zero-order chi connectivity index (χ0) is 17.0. The molecule has 0 amide bonds. The first-order valence-electron chi connectivity index (χ1n) is 6.39. The fraction of sp³-hybridized carbons (Fsp3) is 0.231. The lowest BCUT2D eigenvalue weighted by Crippen LogP contribution is -2.16. The van der Waals surface area contributed by atoms with Crippen LogP contribution in [0.25, 0.3) is 0 Å². The predicted octanol–water partition coefficient (Wildman–Crippen LogP) is 1.31. The van der Waals surface area contributed by atoms with Crippen molar-refractivity contribution < 1.29 is 19.4 Å². The van der Waals surface area contributed by atoms with Crippen LogP contribution in [0.4, 0.5) is 5.82 Å². The topological polar surface area (TPSA) is 130 Å². The number of benzene rings is 1. The van der Waals surface area contributed by atoms with Gasteiger partial charge in [0, 0.05) is 4.92 Å². The highest BCUT2D eigenvalue weighted by molar-refractivity contribution is 5.98. The van der Waals surface area contributed by atoms with Crippen molar-refractivity contribution in [2.75, 3.05) is 13.7 Å². The van der Waals surface area contributed by atoms with Crippen molar-refractivity contribution in [3.05, 3.63) is 62.1 Å². The molecule has 0 spiro atoms. The third-order valence-electron chi connectivity index (χ3n) is 3.03. The SMILES string of the molecule is COc1ccc(Cn2cnc(C(=O)C[N+](=O)[O-])c2[N+](=O)[O-])cc1. The summed E-state index contributed by atoms with van der Waals surface area (Å²) in [6, 6.07) is 6.80. The number of imidazole rings is 1. The van der Waals surface area contributed by atoms with Gasteiger partial charge in [0.1, 0.15) is 12.3 Å². The Morgan fingerprint density at radius 2 is 1.91 bits per heavy atom. The molecule has 0 fully saturated rings. The van der Waals surface area contributed by atoms with Crippen molar-refractivity contribution >= 4 is 11.6 Å². The second kappa shape index (κ2) is 6.64. The van der Waals surface area contributed by atoms with E-state index in [-0.39, 0.29) is 6.54 Å². The molecule has 1 aromatic heterocycles. The summed E-state index contributed by atoms with van der Waals surface area (Å²) in [4.78, 5) is 35.3. The minimum absolute atomic E-state index is 0.0963. The average molecular weight is 320 g/mol. The molecule has 0 aliphatic carbocycles. The molecule has 120 valence electrons. The third kappa shape index (κ3) is 3.67. The Balaban J connectivity index is 2.31. The number of ether oxygens (including phenoxy) is 1. The van der Waals surface area contributed by atoms with Gasteiger partial charge in [0.05, 0.1) is 7.11 Å². The second-order valence-corrected chi connectivity index (χ2v) is 4.56. The molecule has 0 unspecified atom stereocenters. The number of Topliss-reactive ketones (excluding diaryl/α,β-unsaturated/α-hetero) is 1. The van der Waals surface area contributed by atoms with Gasteiger partial charge in [0.2, 0.25) is 5.69 Å². The van der Waals surface area contributed by atoms with Crippen LogP contribution in [-0.2, 0) is 6.54 Å². The highest BCUT2D eigenvalue weighted by Gasteiger charge is 2.29. The molecule has 0 saturated heterocycles. The van der Waals surface area contributed by atoms with Crippen molar-refractivity contribution in [3.63, 3.8) is 0 Å². The van der Waals surface area contributed by atoms with Crippen molar-refractivity contribution in [2.24, 2.45) is 0 Å². The maximum atomic E-state index is 11.7. The largest absolute Gasteiger partial charge is 0.497 e. The van der Waals surface area contributed by atoms with Gasteiger partial charge in [-0.05, 0) is 22.6 Å². The summed E-state index contributed by atoms with van der Waals surface area (Å²) in [5.74, 6) is -0.932. The number of aromatic nitrogens is 2. The molecule has 0 aliphatic rings. The van der Waals surface area contributed by atoms with Gasteiger partial charge in [0.25, 0.3) is 12.3 Å². The highest BCUT2D eigenvalue weighted by Crippen LogP contribution is 2.20. The first-order valence-corrected chi connectivity index (χ1v) is 6.39. The summed E-state index contributed by atoms with van der Waals surface area (Å²) in [6.07, 6.45) is 1.12. The number of carbonyl (C=O) groups excluding carboxylic acids is 1. The minimum atomic E-state index is -1.04. The van der Waals surface area contributed by atoms with Crippen LogP contribution >= 0.6 is 0 Å². The van der Waals surface area contributed by atoms with Gasteiger partial charge < -0.3 is 14.9 Å². The summed E-state index contributed by atoms with van der Waals surface area (Å²) in [5.41, 5.74) is 0.208. The molecule has 0 bridgehead atoms. The van der Waals surface area contributed by atoms with Crippen LogP contribution in [0.15, 0.2) is 30.6 Å². The standard InChI is InChI=1S/C13H12N4O6/c1-23-10-4-2-9(3-5-10)6-15-8-14-12(13(15)17(21)22)11(18)7-16(19)20/h2-5,8H,6-7H2,1H3. The lowest BCUT2D eigenvalue weighted by Gasteiger charge is -2.03. The summed E-state index contributed by atoms with van der Waals surface area (Å²) in [7, 11) is 1.52. The summed E-state index contributed by atoms with van der Waals surface area (Å²) in [5, 5.41) is 21.6. The van der Waals surface area contributed by atoms with E-state index in [0.717, 1.165) is 16.5 Å². The molecule has 2 aromatic rings. The normalized spacial score (nSPS) is 10.3. The lowest BCUT2D eigenvalue weighted by atomic mass is 10.2. The van der Waals surface area contributed by atoms with Crippen molar-refractivity contribution in [1.29, 1.82) is 0 Å². The Labute approximate surface area is 129 Å². The van der Waals surface area contributed by atoms with Crippen LogP contribution in [0.2, 0.25) is 0 Å². The van der Waals surface area contributed by atoms with Crippen LogP contribution in [0, 0.1) is 20.2 Å². The van der Waals surface area contributed by atoms with E-state index in [0.29, 0.717) is 5.75 Å². The lowest BCUT2D eigenvalue weighted by molar-refractivity contribution is -0.465. The van der Waals surface area contributed by atoms with E-state index in [1.165, 1.54) is 7.11 Å². The van der Waals surface area contributed by atoms with E-state index < -0.39 is 33.7 Å². The molecule has 0 saturated carbocycles. The molecule has 0 N–H and O–H groups in total. The van der Waals surface area contributed by atoms with E-state index in [1.54, 1.807) is 24.3 Å². The molecule has 10 nitrogen and oxygen atoms in total. The van der Waals surface area contributed by atoms with Crippen LogP contribution in [0.3, 0.4) is 0 Å². The zero-order valence-electron chi connectivity index (χ0n) is 12.0. The van der Waals surface area contributed by atoms with E-state index in [2.05, 4.69) is 4.98 Å². The Hall–Kier alpha value is -3.30. The van der Waals surface area contributed by atoms with E-state index in [9.17, 15) is 25.0 Å². The highest BCUT2D eigenvalue weighted by atomic mass is 16.6. The number of rotatable bonds is 7. The molecular formula is C13H12N4O6. The Morgan fingerprint density at radius 3 is 2.43 bits per heavy atom. The number of hydrogen-bond donors (Lipinski definition) is 0. The van der Waals surface area contributed by atoms with Crippen LogP contribution in [-0.4, -0.2) is 38.8 Å². The molecule has 10 heteroatoms. The van der Waals surface area contributed by atoms with Crippen molar-refractivity contribution in [3.8, 4) is 5.75 Å². The Morgan fingerprint density at radius 1 is 1.26 bits per heavy atom. The van der Waals surface area contributed by atoms with E-state index >= 15 is 0 Å². The van der Waals surface area contributed by atoms with E-state index in [1.807, 2.05) is 0 Å². The van der Waals surface area contributed by atoms with Crippen LogP contribution in [0.1, 0.15) is 16.1 Å². The number of hydrogen-bond acceptors (Lipinski definition) is 7. The molecule has 1 heterocycles. The summed E-state index contributed by atoms with van der Waals surface area (Å²) in [6.45, 7) is -0.945. The van der Waals surface area contributed by atoms with Gasteiger partial charge in [-0.2, -0.15) is 0 Å². The minimum Gasteiger partial charge on any atom is -0.497 e. The fourth-order valence-electron chi connectivity index (χ4n) is 2.00. The fourth-order valence-corrected chi connectivity index (χ4v) is 2.00. The number of carbonyl (C=O) groups is 1. The first kappa shape index (κ1) is 16.1.